The van der Waals surface area contributed by atoms with E-state index in [-0.39, 0.29) is 11.8 Å². The topological polar surface area (TPSA) is 60.9 Å². The number of likely N-dealkylation sites (tertiary alicyclic amines) is 1. The number of aliphatic carboxylic acids is 1. The summed E-state index contributed by atoms with van der Waals surface area (Å²) in [5.41, 5.74) is 0.914. The summed E-state index contributed by atoms with van der Waals surface area (Å²) >= 11 is 0. The van der Waals surface area contributed by atoms with E-state index in [0.29, 0.717) is 19.5 Å². The normalized spacial score (nSPS) is 20.6. The molecule has 20 heavy (non-hydrogen) atoms. The van der Waals surface area contributed by atoms with Crippen LogP contribution < -0.4 is 0 Å². The number of rotatable bonds is 4. The monoisotopic (exact) mass is 276 g/mol. The molecule has 2 unspecified atom stereocenters. The summed E-state index contributed by atoms with van der Waals surface area (Å²) in [4.78, 5) is 27.1. The number of benzene rings is 1. The number of nitrogens with zero attached hydrogens (tertiary/aromatic N) is 2. The Balaban J connectivity index is 2.25. The summed E-state index contributed by atoms with van der Waals surface area (Å²) in [6, 6.07) is 9.15. The van der Waals surface area contributed by atoms with E-state index in [2.05, 4.69) is 0 Å². The molecular formula is C15H20N2O3. The van der Waals surface area contributed by atoms with Gasteiger partial charge in [0.1, 0.15) is 6.04 Å². The average Bonchev–Trinajstić information content (AvgIpc) is 2.89. The van der Waals surface area contributed by atoms with Gasteiger partial charge in [-0.25, -0.2) is 0 Å². The largest absolute Gasteiger partial charge is 0.481 e. The third-order valence-corrected chi connectivity index (χ3v) is 3.72. The van der Waals surface area contributed by atoms with Gasteiger partial charge in [-0.2, -0.15) is 0 Å². The van der Waals surface area contributed by atoms with Crippen LogP contribution in [0, 0.1) is 5.92 Å². The van der Waals surface area contributed by atoms with Gasteiger partial charge >= 0.3 is 5.97 Å². The fourth-order valence-electron chi connectivity index (χ4n) is 2.61. The van der Waals surface area contributed by atoms with Crippen LogP contribution >= 0.6 is 0 Å². The number of hydrogen-bond acceptors (Lipinski definition) is 3. The predicted octanol–water partition coefficient (Wildman–Crippen LogP) is 1.22. The molecule has 1 amide bonds. The zero-order chi connectivity index (χ0) is 14.7. The molecule has 0 aromatic heterocycles. The Labute approximate surface area is 118 Å². The van der Waals surface area contributed by atoms with Crippen LogP contribution in [0.2, 0.25) is 0 Å². The third-order valence-electron chi connectivity index (χ3n) is 3.72. The lowest BCUT2D eigenvalue weighted by atomic mass is 10.0. The summed E-state index contributed by atoms with van der Waals surface area (Å²) < 4.78 is 0. The van der Waals surface area contributed by atoms with Gasteiger partial charge in [0.25, 0.3) is 0 Å². The van der Waals surface area contributed by atoms with E-state index in [0.717, 1.165) is 5.56 Å². The standard InChI is InChI=1S/C15H20N2O3/c1-16(2)14(18)13(11-6-4-3-5-7-11)17-9-8-12(10-17)15(19)20/h3-7,12-13H,8-10H2,1-2H3,(H,19,20). The molecule has 1 N–H and O–H groups in total. The molecule has 1 fully saturated rings. The van der Waals surface area contributed by atoms with Crippen LogP contribution in [0.25, 0.3) is 0 Å². The number of carbonyl (C=O) groups excluding carboxylic acids is 1. The van der Waals surface area contributed by atoms with E-state index in [1.807, 2.05) is 35.2 Å². The first-order valence-electron chi connectivity index (χ1n) is 6.73. The summed E-state index contributed by atoms with van der Waals surface area (Å²) in [6.45, 7) is 1.06. The van der Waals surface area contributed by atoms with Crippen LogP contribution in [-0.2, 0) is 9.59 Å². The third kappa shape index (κ3) is 2.99. The fourth-order valence-corrected chi connectivity index (χ4v) is 2.61. The Bertz CT molecular complexity index is 487. The van der Waals surface area contributed by atoms with Crippen molar-refractivity contribution in [2.45, 2.75) is 12.5 Å². The van der Waals surface area contributed by atoms with E-state index >= 15 is 0 Å². The van der Waals surface area contributed by atoms with Gasteiger partial charge in [0, 0.05) is 27.2 Å². The van der Waals surface area contributed by atoms with Gasteiger partial charge in [0.15, 0.2) is 0 Å². The predicted molar refractivity (Wildman–Crippen MR) is 75.2 cm³/mol. The highest BCUT2D eigenvalue weighted by atomic mass is 16.4. The molecule has 1 aliphatic rings. The molecule has 0 bridgehead atoms. The van der Waals surface area contributed by atoms with Crippen molar-refractivity contribution in [3.05, 3.63) is 35.9 Å². The molecule has 5 nitrogen and oxygen atoms in total. The SMILES string of the molecule is CN(C)C(=O)C(c1ccccc1)N1CCC(C(=O)O)C1. The highest BCUT2D eigenvalue weighted by molar-refractivity contribution is 5.83. The average molecular weight is 276 g/mol. The lowest BCUT2D eigenvalue weighted by Crippen LogP contribution is -2.39. The molecule has 1 saturated heterocycles. The zero-order valence-corrected chi connectivity index (χ0v) is 11.8. The Hall–Kier alpha value is -1.88. The molecule has 0 spiro atoms. The number of carboxylic acids is 1. The van der Waals surface area contributed by atoms with E-state index in [1.165, 1.54) is 0 Å². The quantitative estimate of drug-likeness (QED) is 0.898. The van der Waals surface area contributed by atoms with Crippen LogP contribution in [0.4, 0.5) is 0 Å². The Morgan fingerprint density at radius 2 is 1.95 bits per heavy atom. The summed E-state index contributed by atoms with van der Waals surface area (Å²) in [5, 5.41) is 9.11. The molecule has 1 aromatic carbocycles. The van der Waals surface area contributed by atoms with Gasteiger partial charge in [-0.05, 0) is 12.0 Å². The van der Waals surface area contributed by atoms with Gasteiger partial charge in [-0.15, -0.1) is 0 Å². The molecule has 0 saturated carbocycles. The highest BCUT2D eigenvalue weighted by Crippen LogP contribution is 2.29. The van der Waals surface area contributed by atoms with Crippen molar-refractivity contribution in [2.75, 3.05) is 27.2 Å². The summed E-state index contributed by atoms with van der Waals surface area (Å²) in [5.74, 6) is -1.17. The number of amides is 1. The summed E-state index contributed by atoms with van der Waals surface area (Å²) in [7, 11) is 3.45. The second-order valence-corrected chi connectivity index (χ2v) is 5.36. The van der Waals surface area contributed by atoms with Crippen LogP contribution in [0.1, 0.15) is 18.0 Å². The van der Waals surface area contributed by atoms with Crippen molar-refractivity contribution in [1.29, 1.82) is 0 Å². The van der Waals surface area contributed by atoms with E-state index in [9.17, 15) is 9.59 Å². The maximum absolute atomic E-state index is 12.4. The lowest BCUT2D eigenvalue weighted by molar-refractivity contribution is -0.142. The number of carbonyl (C=O) groups is 2. The molecule has 1 aromatic rings. The summed E-state index contributed by atoms with van der Waals surface area (Å²) in [6.07, 6.45) is 0.597. The first kappa shape index (κ1) is 14.5. The Morgan fingerprint density at radius 3 is 2.45 bits per heavy atom. The minimum Gasteiger partial charge on any atom is -0.481 e. The second-order valence-electron chi connectivity index (χ2n) is 5.36. The number of hydrogen-bond donors (Lipinski definition) is 1. The van der Waals surface area contributed by atoms with Crippen molar-refractivity contribution in [2.24, 2.45) is 5.92 Å². The van der Waals surface area contributed by atoms with Crippen LogP contribution in [0.3, 0.4) is 0 Å². The van der Waals surface area contributed by atoms with Crippen molar-refractivity contribution in [3.8, 4) is 0 Å². The van der Waals surface area contributed by atoms with E-state index < -0.39 is 12.0 Å². The number of carboxylic acid groups (broad SMARTS) is 1. The van der Waals surface area contributed by atoms with Gasteiger partial charge in [0.2, 0.25) is 5.91 Å². The Morgan fingerprint density at radius 1 is 1.30 bits per heavy atom. The van der Waals surface area contributed by atoms with Gasteiger partial charge in [-0.1, -0.05) is 30.3 Å². The maximum Gasteiger partial charge on any atom is 0.307 e. The molecular weight excluding hydrogens is 256 g/mol. The molecule has 2 atom stereocenters. The molecule has 0 aliphatic carbocycles. The van der Waals surface area contributed by atoms with E-state index in [4.69, 9.17) is 5.11 Å². The second kappa shape index (κ2) is 6.05. The fraction of sp³-hybridized carbons (Fsp3) is 0.467. The molecule has 2 rings (SSSR count). The molecule has 1 aliphatic heterocycles. The minimum absolute atomic E-state index is 0.0118. The van der Waals surface area contributed by atoms with Crippen LogP contribution in [-0.4, -0.2) is 54.0 Å². The smallest absolute Gasteiger partial charge is 0.307 e. The molecule has 5 heteroatoms. The molecule has 1 heterocycles. The lowest BCUT2D eigenvalue weighted by Gasteiger charge is -2.29. The van der Waals surface area contributed by atoms with Crippen molar-refractivity contribution in [3.63, 3.8) is 0 Å². The Kier molecular flexibility index (Phi) is 4.39. The van der Waals surface area contributed by atoms with E-state index in [1.54, 1.807) is 19.0 Å². The maximum atomic E-state index is 12.4. The first-order valence-corrected chi connectivity index (χ1v) is 6.73. The van der Waals surface area contributed by atoms with Crippen LogP contribution in [0.5, 0.6) is 0 Å². The number of likely N-dealkylation sites (N-methyl/N-ethyl adjacent to an activating group) is 1. The first-order chi connectivity index (χ1) is 9.50. The van der Waals surface area contributed by atoms with Gasteiger partial charge in [0.05, 0.1) is 5.92 Å². The minimum atomic E-state index is -0.781. The van der Waals surface area contributed by atoms with Gasteiger partial charge in [-0.3, -0.25) is 14.5 Å². The van der Waals surface area contributed by atoms with Crippen molar-refractivity contribution >= 4 is 11.9 Å². The van der Waals surface area contributed by atoms with Crippen molar-refractivity contribution in [1.82, 2.24) is 9.80 Å². The highest BCUT2D eigenvalue weighted by Gasteiger charge is 2.36. The zero-order valence-electron chi connectivity index (χ0n) is 11.8. The molecule has 108 valence electrons. The van der Waals surface area contributed by atoms with Crippen LogP contribution in [0.15, 0.2) is 30.3 Å². The van der Waals surface area contributed by atoms with Crippen molar-refractivity contribution < 1.29 is 14.7 Å². The molecule has 0 radical (unpaired) electrons. The van der Waals surface area contributed by atoms with Gasteiger partial charge < -0.3 is 10.0 Å².